The molecule has 0 aliphatic heterocycles. The summed E-state index contributed by atoms with van der Waals surface area (Å²) in [6, 6.07) is 10.5. The van der Waals surface area contributed by atoms with Gasteiger partial charge >= 0.3 is 5.97 Å². The van der Waals surface area contributed by atoms with Crippen LogP contribution in [0.15, 0.2) is 42.6 Å². The molecule has 0 amide bonds. The molecule has 1 atom stereocenters. The van der Waals surface area contributed by atoms with E-state index in [1.54, 1.807) is 22.9 Å². The Bertz CT molecular complexity index is 593. The molecule has 6 heteroatoms. The first kappa shape index (κ1) is 15.1. The van der Waals surface area contributed by atoms with E-state index < -0.39 is 12.1 Å². The van der Waals surface area contributed by atoms with Gasteiger partial charge in [0.15, 0.2) is 0 Å². The minimum Gasteiger partial charge on any atom is -0.487 e. The van der Waals surface area contributed by atoms with Crippen molar-refractivity contribution < 1.29 is 24.9 Å². The van der Waals surface area contributed by atoms with Gasteiger partial charge in [0.2, 0.25) is 0 Å². The molecule has 6 nitrogen and oxygen atoms in total. The molecule has 0 saturated heterocycles. The zero-order chi connectivity index (χ0) is 15.2. The Morgan fingerprint density at radius 3 is 2.57 bits per heavy atom. The van der Waals surface area contributed by atoms with Gasteiger partial charge in [-0.1, -0.05) is 18.2 Å². The third-order valence-electron chi connectivity index (χ3n) is 3.05. The van der Waals surface area contributed by atoms with Crippen LogP contribution < -0.4 is 4.74 Å². The van der Waals surface area contributed by atoms with Crippen molar-refractivity contribution in [2.75, 3.05) is 6.61 Å². The smallest absolute Gasteiger partial charge is 0.337 e. The third-order valence-corrected chi connectivity index (χ3v) is 3.05. The molecule has 2 rings (SSSR count). The summed E-state index contributed by atoms with van der Waals surface area (Å²) in [6.45, 7) is -0.215. The van der Waals surface area contributed by atoms with E-state index in [9.17, 15) is 15.0 Å². The Morgan fingerprint density at radius 1 is 1.24 bits per heavy atom. The second-order valence-corrected chi connectivity index (χ2v) is 4.57. The van der Waals surface area contributed by atoms with Crippen LogP contribution in [0.3, 0.4) is 0 Å². The van der Waals surface area contributed by atoms with Crippen LogP contribution in [0.2, 0.25) is 0 Å². The third kappa shape index (κ3) is 3.84. The zero-order valence-electron chi connectivity index (χ0n) is 11.3. The second kappa shape index (κ2) is 6.92. The van der Waals surface area contributed by atoms with Crippen molar-refractivity contribution in [3.05, 3.63) is 53.9 Å². The van der Waals surface area contributed by atoms with E-state index in [1.807, 2.05) is 18.2 Å². The van der Waals surface area contributed by atoms with Gasteiger partial charge in [-0.25, -0.2) is 4.79 Å². The van der Waals surface area contributed by atoms with Crippen molar-refractivity contribution in [3.63, 3.8) is 0 Å². The fourth-order valence-corrected chi connectivity index (χ4v) is 1.99. The average Bonchev–Trinajstić information content (AvgIpc) is 2.89. The van der Waals surface area contributed by atoms with Gasteiger partial charge in [0, 0.05) is 6.20 Å². The fraction of sp³-hybridized carbons (Fsp3) is 0.267. The molecule has 0 fully saturated rings. The minimum absolute atomic E-state index is 0.0663. The summed E-state index contributed by atoms with van der Waals surface area (Å²) in [7, 11) is 0. The molecule has 112 valence electrons. The topological polar surface area (TPSA) is 91.9 Å². The molecule has 0 aliphatic carbocycles. The number of aromatic carboxylic acids is 1. The Labute approximate surface area is 121 Å². The van der Waals surface area contributed by atoms with Crippen LogP contribution in [0.4, 0.5) is 0 Å². The van der Waals surface area contributed by atoms with Crippen LogP contribution >= 0.6 is 0 Å². The Balaban J connectivity index is 2.18. The molecule has 0 spiro atoms. The highest BCUT2D eigenvalue weighted by Crippen LogP contribution is 2.17. The number of carboxylic acids is 1. The van der Waals surface area contributed by atoms with E-state index in [0.29, 0.717) is 11.4 Å². The van der Waals surface area contributed by atoms with E-state index in [4.69, 9.17) is 9.84 Å². The molecule has 0 aliphatic rings. The molecule has 0 bridgehead atoms. The maximum atomic E-state index is 11.2. The van der Waals surface area contributed by atoms with Gasteiger partial charge in [-0.15, -0.1) is 0 Å². The van der Waals surface area contributed by atoms with Crippen LogP contribution in [-0.2, 0) is 13.2 Å². The van der Waals surface area contributed by atoms with Crippen LogP contribution in [0.1, 0.15) is 16.1 Å². The van der Waals surface area contributed by atoms with Gasteiger partial charge in [-0.2, -0.15) is 0 Å². The first-order chi connectivity index (χ1) is 10.1. The normalized spacial score (nSPS) is 12.1. The number of hydrogen-bond donors (Lipinski definition) is 3. The highest BCUT2D eigenvalue weighted by Gasteiger charge is 2.17. The van der Waals surface area contributed by atoms with Crippen molar-refractivity contribution in [1.82, 2.24) is 4.57 Å². The summed E-state index contributed by atoms with van der Waals surface area (Å²) in [4.78, 5) is 11.2. The zero-order valence-corrected chi connectivity index (χ0v) is 11.3. The highest BCUT2D eigenvalue weighted by atomic mass is 16.5. The summed E-state index contributed by atoms with van der Waals surface area (Å²) in [6.07, 6.45) is 0.612. The lowest BCUT2D eigenvalue weighted by Gasteiger charge is -2.14. The number of ether oxygens (including phenoxy) is 1. The Hall–Kier alpha value is -2.31. The quantitative estimate of drug-likeness (QED) is 0.711. The van der Waals surface area contributed by atoms with Gasteiger partial charge in [0.25, 0.3) is 0 Å². The molecule has 3 N–H and O–H groups in total. The number of aromatic nitrogens is 1. The van der Waals surface area contributed by atoms with Gasteiger partial charge in [0.05, 0.1) is 30.5 Å². The van der Waals surface area contributed by atoms with Gasteiger partial charge < -0.3 is 24.6 Å². The number of benzene rings is 1. The van der Waals surface area contributed by atoms with E-state index in [-0.39, 0.29) is 25.3 Å². The number of carbonyl (C=O) groups is 1. The highest BCUT2D eigenvalue weighted by molar-refractivity contribution is 5.89. The maximum Gasteiger partial charge on any atom is 0.337 e. The largest absolute Gasteiger partial charge is 0.487 e. The molecule has 1 aromatic heterocycles. The molecular weight excluding hydrogens is 274 g/mol. The lowest BCUT2D eigenvalue weighted by molar-refractivity contribution is 0.0688. The molecule has 2 aromatic rings. The number of para-hydroxylation sites is 1. The van der Waals surface area contributed by atoms with Crippen LogP contribution in [0.25, 0.3) is 0 Å². The van der Waals surface area contributed by atoms with Gasteiger partial charge in [0.1, 0.15) is 12.4 Å². The standard InChI is InChI=1S/C15H17NO5/c17-9-11(18)8-16-7-6-13(15(19)20)14(16)10-21-12-4-2-1-3-5-12/h1-7,11,17-18H,8-10H2,(H,19,20). The van der Waals surface area contributed by atoms with Gasteiger partial charge in [-0.3, -0.25) is 0 Å². The monoisotopic (exact) mass is 291 g/mol. The number of aliphatic hydroxyl groups excluding tert-OH is 2. The van der Waals surface area contributed by atoms with Crippen LogP contribution in [0, 0.1) is 0 Å². The summed E-state index contributed by atoms with van der Waals surface area (Å²) in [5, 5.41) is 27.6. The number of carboxylic acid groups (broad SMARTS) is 1. The number of rotatable bonds is 7. The van der Waals surface area contributed by atoms with Gasteiger partial charge in [-0.05, 0) is 18.2 Å². The maximum absolute atomic E-state index is 11.2. The minimum atomic E-state index is -1.06. The number of aliphatic hydroxyl groups is 2. The van der Waals surface area contributed by atoms with Crippen LogP contribution in [0.5, 0.6) is 5.75 Å². The number of nitrogens with zero attached hydrogens (tertiary/aromatic N) is 1. The molecule has 1 unspecified atom stereocenters. The SMILES string of the molecule is O=C(O)c1ccn(CC(O)CO)c1COc1ccccc1. The molecule has 21 heavy (non-hydrogen) atoms. The molecule has 1 heterocycles. The van der Waals surface area contributed by atoms with Crippen molar-refractivity contribution in [2.45, 2.75) is 19.3 Å². The predicted molar refractivity (Wildman–Crippen MR) is 75.3 cm³/mol. The summed E-state index contributed by atoms with van der Waals surface area (Å²) >= 11 is 0. The predicted octanol–water partition coefficient (Wildman–Crippen LogP) is 1.12. The van der Waals surface area contributed by atoms with Crippen molar-refractivity contribution >= 4 is 5.97 Å². The van der Waals surface area contributed by atoms with Crippen molar-refractivity contribution in [3.8, 4) is 5.75 Å². The lowest BCUT2D eigenvalue weighted by atomic mass is 10.2. The lowest BCUT2D eigenvalue weighted by Crippen LogP contribution is -2.21. The summed E-state index contributed by atoms with van der Waals surface area (Å²) in [5.74, 6) is -0.428. The second-order valence-electron chi connectivity index (χ2n) is 4.57. The Kier molecular flexibility index (Phi) is 4.97. The average molecular weight is 291 g/mol. The summed E-state index contributed by atoms with van der Waals surface area (Å²) in [5.41, 5.74) is 0.565. The first-order valence-electron chi connectivity index (χ1n) is 6.50. The van der Waals surface area contributed by atoms with E-state index in [2.05, 4.69) is 0 Å². The van der Waals surface area contributed by atoms with E-state index in [1.165, 1.54) is 6.07 Å². The van der Waals surface area contributed by atoms with E-state index >= 15 is 0 Å². The van der Waals surface area contributed by atoms with Crippen molar-refractivity contribution in [2.24, 2.45) is 0 Å². The molecular formula is C15H17NO5. The molecule has 0 saturated carbocycles. The fourth-order valence-electron chi connectivity index (χ4n) is 1.99. The first-order valence-corrected chi connectivity index (χ1v) is 6.50. The molecule has 1 aromatic carbocycles. The number of hydrogen-bond acceptors (Lipinski definition) is 4. The Morgan fingerprint density at radius 2 is 1.95 bits per heavy atom. The van der Waals surface area contributed by atoms with Crippen LogP contribution in [-0.4, -0.2) is 38.6 Å². The summed E-state index contributed by atoms with van der Waals surface area (Å²) < 4.78 is 7.15. The molecule has 0 radical (unpaired) electrons. The van der Waals surface area contributed by atoms with E-state index in [0.717, 1.165) is 0 Å². The van der Waals surface area contributed by atoms with Crippen molar-refractivity contribution in [1.29, 1.82) is 0 Å².